The van der Waals surface area contributed by atoms with Crippen LogP contribution in [0.4, 0.5) is 0 Å². The first-order chi connectivity index (χ1) is 11.8. The normalized spacial score (nSPS) is 11.3. The molecule has 0 aliphatic heterocycles. The van der Waals surface area contributed by atoms with Gasteiger partial charge in [-0.05, 0) is 11.1 Å². The zero-order valence-electron chi connectivity index (χ0n) is 14.0. The van der Waals surface area contributed by atoms with Gasteiger partial charge in [0.15, 0.2) is 4.24 Å². The minimum Gasteiger partial charge on any atom is -0.743 e. The third-order valence-corrected chi connectivity index (χ3v) is 6.11. The number of benzene rings is 2. The molecule has 0 bridgehead atoms. The number of hydrogen-bond acceptors (Lipinski definition) is 6. The Kier molecular flexibility index (Phi) is 8.42. The van der Waals surface area contributed by atoms with Crippen LogP contribution in [0.5, 0.6) is 0 Å². The van der Waals surface area contributed by atoms with Crippen LogP contribution in [-0.4, -0.2) is 28.0 Å². The van der Waals surface area contributed by atoms with Crippen LogP contribution in [0.15, 0.2) is 77.6 Å². The van der Waals surface area contributed by atoms with Crippen molar-refractivity contribution in [3.05, 3.63) is 88.7 Å². The Bertz CT molecular complexity index is 941. The van der Waals surface area contributed by atoms with Crippen LogP contribution in [-0.2, 0) is 24.4 Å². The monoisotopic (exact) mass is 402 g/mol. The van der Waals surface area contributed by atoms with Gasteiger partial charge in [-0.1, -0.05) is 66.7 Å². The maximum Gasteiger partial charge on any atom is 1.00 e. The molecule has 0 unspecified atom stereocenters. The predicted molar refractivity (Wildman–Crippen MR) is 93.7 cm³/mol. The Morgan fingerprint density at radius 2 is 1.35 bits per heavy atom. The molecule has 9 heteroatoms. The fourth-order valence-corrected chi connectivity index (χ4v) is 4.68. The molecule has 0 saturated carbocycles. The van der Waals surface area contributed by atoms with Gasteiger partial charge in [-0.15, -0.1) is 6.58 Å². The summed E-state index contributed by atoms with van der Waals surface area (Å²) in [7, 11) is -10.2. The fourth-order valence-electron chi connectivity index (χ4n) is 2.18. The van der Waals surface area contributed by atoms with Crippen LogP contribution in [0, 0.1) is 0 Å². The molecule has 0 amide bonds. The van der Waals surface area contributed by atoms with Crippen molar-refractivity contribution >= 4 is 25.8 Å². The molecule has 0 saturated heterocycles. The third-order valence-electron chi connectivity index (χ3n) is 3.12. The van der Waals surface area contributed by atoms with E-state index in [-0.39, 0.29) is 46.3 Å². The minimum atomic E-state index is -5.37. The summed E-state index contributed by atoms with van der Waals surface area (Å²) in [5, 5.41) is 0. The molecule has 0 N–H and O–H groups in total. The molecule has 0 atom stereocenters. The van der Waals surface area contributed by atoms with Gasteiger partial charge in [0, 0.05) is 5.57 Å². The first-order valence-corrected chi connectivity index (χ1v) is 9.90. The number of hydrogen-bond donors (Lipinski definition) is 0. The molecule has 2 rings (SSSR count). The predicted octanol–water partition coefficient (Wildman–Crippen LogP) is -0.515. The maximum atomic E-state index is 12.4. The van der Waals surface area contributed by atoms with Gasteiger partial charge in [-0.2, -0.15) is 8.42 Å². The van der Waals surface area contributed by atoms with E-state index in [1.54, 1.807) is 36.4 Å². The van der Waals surface area contributed by atoms with Crippen LogP contribution in [0.3, 0.4) is 0 Å². The Morgan fingerprint density at radius 1 is 0.923 bits per heavy atom. The standard InChI is InChI=1S/C17H16O6S2.Na/c1-2-13-23-25(21,22)17(24(18,19)20)16(14-9-5-3-6-10-14)15-11-7-4-8-12-15;/h2-12H,1,13H2,(H,18,19,20);/q;+1/p-1. The van der Waals surface area contributed by atoms with Gasteiger partial charge in [-0.3, -0.25) is 4.18 Å². The van der Waals surface area contributed by atoms with Crippen molar-refractivity contribution in [2.45, 2.75) is 0 Å². The van der Waals surface area contributed by atoms with Gasteiger partial charge in [0.25, 0.3) is 0 Å². The topological polar surface area (TPSA) is 101 Å². The van der Waals surface area contributed by atoms with Gasteiger partial charge >= 0.3 is 39.7 Å². The largest absolute Gasteiger partial charge is 1.00 e. The number of rotatable bonds is 7. The second-order valence-electron chi connectivity index (χ2n) is 4.88. The first kappa shape index (κ1) is 22.8. The Labute approximate surface area is 175 Å². The van der Waals surface area contributed by atoms with Gasteiger partial charge in [0.05, 0.1) is 6.61 Å². The Hall–Kier alpha value is -1.26. The summed E-state index contributed by atoms with van der Waals surface area (Å²) in [4.78, 5) is 0. The van der Waals surface area contributed by atoms with E-state index in [0.717, 1.165) is 6.08 Å². The molecular formula is C17H15NaO6S2. The molecular weight excluding hydrogens is 387 g/mol. The zero-order chi connectivity index (χ0) is 18.5. The summed E-state index contributed by atoms with van der Waals surface area (Å²) >= 11 is 0. The summed E-state index contributed by atoms with van der Waals surface area (Å²) < 4.78 is 63.6. The second-order valence-corrected chi connectivity index (χ2v) is 8.00. The molecule has 2 aromatic rings. The van der Waals surface area contributed by atoms with Crippen molar-refractivity contribution in [2.24, 2.45) is 0 Å². The van der Waals surface area contributed by atoms with Crippen molar-refractivity contribution < 1.29 is 55.1 Å². The van der Waals surface area contributed by atoms with Gasteiger partial charge < -0.3 is 4.55 Å². The van der Waals surface area contributed by atoms with Crippen LogP contribution in [0.2, 0.25) is 0 Å². The van der Waals surface area contributed by atoms with Crippen LogP contribution >= 0.6 is 0 Å². The summed E-state index contributed by atoms with van der Waals surface area (Å²) in [6.45, 7) is 2.85. The molecule has 0 radical (unpaired) electrons. The summed E-state index contributed by atoms with van der Waals surface area (Å²) in [6, 6.07) is 15.8. The molecule has 0 aliphatic rings. The molecule has 0 heterocycles. The van der Waals surface area contributed by atoms with Crippen molar-refractivity contribution in [1.82, 2.24) is 0 Å². The third kappa shape index (κ3) is 5.62. The molecule has 0 aromatic heterocycles. The van der Waals surface area contributed by atoms with E-state index >= 15 is 0 Å². The zero-order valence-corrected chi connectivity index (χ0v) is 17.7. The van der Waals surface area contributed by atoms with E-state index in [4.69, 9.17) is 0 Å². The van der Waals surface area contributed by atoms with Crippen LogP contribution in [0.1, 0.15) is 11.1 Å². The summed E-state index contributed by atoms with van der Waals surface area (Å²) in [5.41, 5.74) is 0.281. The molecule has 2 aromatic carbocycles. The first-order valence-electron chi connectivity index (χ1n) is 7.08. The molecule has 6 nitrogen and oxygen atoms in total. The minimum absolute atomic E-state index is 0. The molecule has 132 valence electrons. The van der Waals surface area contributed by atoms with E-state index in [2.05, 4.69) is 10.8 Å². The van der Waals surface area contributed by atoms with Crippen molar-refractivity contribution in [1.29, 1.82) is 0 Å². The Balaban J connectivity index is 0.00000338. The van der Waals surface area contributed by atoms with E-state index in [9.17, 15) is 21.4 Å². The fraction of sp³-hybridized carbons (Fsp3) is 0.0588. The van der Waals surface area contributed by atoms with E-state index in [1.807, 2.05) is 0 Å². The Morgan fingerprint density at radius 3 is 1.69 bits per heavy atom. The molecule has 0 aliphatic carbocycles. The van der Waals surface area contributed by atoms with Crippen LogP contribution < -0.4 is 29.6 Å². The van der Waals surface area contributed by atoms with E-state index in [0.29, 0.717) is 0 Å². The summed E-state index contributed by atoms with van der Waals surface area (Å²) in [6.07, 6.45) is 1.14. The maximum absolute atomic E-state index is 12.4. The second kappa shape index (κ2) is 9.61. The van der Waals surface area contributed by atoms with Crippen molar-refractivity contribution in [2.75, 3.05) is 6.61 Å². The molecule has 26 heavy (non-hydrogen) atoms. The van der Waals surface area contributed by atoms with Crippen molar-refractivity contribution in [3.63, 3.8) is 0 Å². The van der Waals surface area contributed by atoms with Gasteiger partial charge in [0.2, 0.25) is 0 Å². The SMILES string of the molecule is C=CCOS(=O)(=O)C(=C(c1ccccc1)c1ccccc1)S(=O)(=O)[O-].[Na+]. The van der Waals surface area contributed by atoms with Gasteiger partial charge in [-0.25, -0.2) is 8.42 Å². The average Bonchev–Trinajstić information content (AvgIpc) is 2.58. The molecule has 0 fully saturated rings. The van der Waals surface area contributed by atoms with E-state index < -0.39 is 31.1 Å². The quantitative estimate of drug-likeness (QED) is 0.268. The summed E-state index contributed by atoms with van der Waals surface area (Å²) in [5.74, 6) is 0. The average molecular weight is 402 g/mol. The van der Waals surface area contributed by atoms with Gasteiger partial charge in [0.1, 0.15) is 10.1 Å². The van der Waals surface area contributed by atoms with E-state index in [1.165, 1.54) is 24.3 Å². The van der Waals surface area contributed by atoms with Crippen molar-refractivity contribution in [3.8, 4) is 0 Å². The smallest absolute Gasteiger partial charge is 0.743 e. The molecule has 0 spiro atoms. The van der Waals surface area contributed by atoms with Crippen LogP contribution in [0.25, 0.3) is 5.57 Å².